The summed E-state index contributed by atoms with van der Waals surface area (Å²) < 4.78 is 1.48. The molecule has 0 aromatic carbocycles. The molecule has 0 saturated heterocycles. The maximum absolute atomic E-state index is 11.8. The number of likely N-dealkylation sites (N-methyl/N-ethyl adjacent to an activating group) is 1. The Morgan fingerprint density at radius 1 is 1.50 bits per heavy atom. The molecular weight excluding hydrogens is 320 g/mol. The third kappa shape index (κ3) is 5.69. The second-order valence-corrected chi connectivity index (χ2v) is 6.46. The van der Waals surface area contributed by atoms with E-state index in [1.165, 1.54) is 28.2 Å². The van der Waals surface area contributed by atoms with Gasteiger partial charge >= 0.3 is 0 Å². The van der Waals surface area contributed by atoms with Crippen molar-refractivity contribution < 1.29 is 4.79 Å². The summed E-state index contributed by atoms with van der Waals surface area (Å²) in [4.78, 5) is 28.4. The Hall–Kier alpha value is -1.54. The van der Waals surface area contributed by atoms with Crippen molar-refractivity contribution in [3.8, 4) is 0 Å². The monoisotopic (exact) mass is 340 g/mol. The van der Waals surface area contributed by atoms with E-state index in [9.17, 15) is 9.59 Å². The number of aryl methyl sites for hydroxylation is 1. The highest BCUT2D eigenvalue weighted by Gasteiger charge is 2.12. The quantitative estimate of drug-likeness (QED) is 0.691. The third-order valence-corrected chi connectivity index (χ3v) is 4.35. The van der Waals surface area contributed by atoms with Crippen LogP contribution >= 0.6 is 23.5 Å². The molecule has 1 rings (SSSR count). The Balaban J connectivity index is 2.88. The second-order valence-electron chi connectivity index (χ2n) is 4.25. The molecule has 0 aliphatic rings. The van der Waals surface area contributed by atoms with Gasteiger partial charge in [0.15, 0.2) is 5.16 Å². The van der Waals surface area contributed by atoms with E-state index in [2.05, 4.69) is 28.6 Å². The van der Waals surface area contributed by atoms with Crippen LogP contribution in [0.25, 0.3) is 0 Å². The maximum Gasteiger partial charge on any atom is 0.295 e. The molecule has 1 N–H and O–H groups in total. The normalized spacial score (nSPS) is 10.3. The van der Waals surface area contributed by atoms with Gasteiger partial charge < -0.3 is 5.32 Å². The van der Waals surface area contributed by atoms with Gasteiger partial charge in [-0.2, -0.15) is 10.1 Å². The summed E-state index contributed by atoms with van der Waals surface area (Å²) in [5.41, 5.74) is 0.0253. The molecule has 0 spiro atoms. The minimum Gasteiger partial charge on any atom is -0.358 e. The molecule has 0 bridgehead atoms. The summed E-state index contributed by atoms with van der Waals surface area (Å²) in [6.07, 6.45) is 1.24. The summed E-state index contributed by atoms with van der Waals surface area (Å²) >= 11 is 2.87. The molecule has 1 aromatic heterocycles. The minimum atomic E-state index is -0.336. The lowest BCUT2D eigenvalue weighted by Gasteiger charge is -2.11. The lowest BCUT2D eigenvalue weighted by atomic mass is 10.4. The first-order valence-corrected chi connectivity index (χ1v) is 8.65. The number of hydrogen-bond acceptors (Lipinski definition) is 6. The molecule has 22 heavy (non-hydrogen) atoms. The van der Waals surface area contributed by atoms with Crippen molar-refractivity contribution >= 4 is 29.4 Å². The lowest BCUT2D eigenvalue weighted by Crippen LogP contribution is -2.29. The fourth-order valence-electron chi connectivity index (χ4n) is 1.52. The van der Waals surface area contributed by atoms with E-state index in [0.29, 0.717) is 23.0 Å². The van der Waals surface area contributed by atoms with Gasteiger partial charge in [-0.3, -0.25) is 9.59 Å². The average molecular weight is 340 g/mol. The van der Waals surface area contributed by atoms with Gasteiger partial charge in [0, 0.05) is 12.8 Å². The first-order chi connectivity index (χ1) is 10.5. The van der Waals surface area contributed by atoms with Gasteiger partial charge in [0.05, 0.1) is 0 Å². The molecule has 0 atom stereocenters. The number of rotatable bonds is 9. The van der Waals surface area contributed by atoms with Crippen molar-refractivity contribution in [2.24, 2.45) is 0 Å². The number of allylic oxidation sites excluding steroid dienone is 1. The SMILES string of the molecule is C=CSC(=C)CCSc1nc(=O)c(CC)nn1CC(=O)NC. The average Bonchev–Trinajstić information content (AvgIpc) is 2.49. The molecule has 0 fully saturated rings. The van der Waals surface area contributed by atoms with Crippen molar-refractivity contribution in [1.29, 1.82) is 0 Å². The predicted octanol–water partition coefficient (Wildman–Crippen LogP) is 1.82. The highest BCUT2D eigenvalue weighted by Crippen LogP contribution is 2.22. The number of aromatic nitrogens is 3. The number of nitrogens with one attached hydrogen (secondary N) is 1. The third-order valence-electron chi connectivity index (χ3n) is 2.68. The molecule has 120 valence electrons. The van der Waals surface area contributed by atoms with Crippen molar-refractivity contribution in [1.82, 2.24) is 20.1 Å². The van der Waals surface area contributed by atoms with E-state index in [0.717, 1.165) is 11.3 Å². The molecule has 1 amide bonds. The van der Waals surface area contributed by atoms with Crippen LogP contribution < -0.4 is 10.9 Å². The Morgan fingerprint density at radius 2 is 2.23 bits per heavy atom. The van der Waals surface area contributed by atoms with Crippen LogP contribution in [0.4, 0.5) is 0 Å². The molecule has 0 saturated carbocycles. The smallest absolute Gasteiger partial charge is 0.295 e. The van der Waals surface area contributed by atoms with E-state index < -0.39 is 0 Å². The topological polar surface area (TPSA) is 76.9 Å². The molecule has 0 radical (unpaired) electrons. The molecule has 0 aliphatic heterocycles. The molecular formula is C14H20N4O2S2. The number of thioether (sulfide) groups is 2. The molecule has 0 aliphatic carbocycles. The van der Waals surface area contributed by atoms with Gasteiger partial charge in [0.2, 0.25) is 5.91 Å². The van der Waals surface area contributed by atoms with Gasteiger partial charge in [0.25, 0.3) is 5.56 Å². The summed E-state index contributed by atoms with van der Waals surface area (Å²) in [6, 6.07) is 0. The Bertz CT molecular complexity index is 613. The minimum absolute atomic E-state index is 0.0431. The van der Waals surface area contributed by atoms with E-state index in [4.69, 9.17) is 0 Å². The van der Waals surface area contributed by atoms with Crippen LogP contribution in [0.15, 0.2) is 33.4 Å². The van der Waals surface area contributed by atoms with Gasteiger partial charge in [0.1, 0.15) is 12.2 Å². The molecule has 1 heterocycles. The Labute approximate surface area is 138 Å². The summed E-state index contributed by atoms with van der Waals surface area (Å²) in [5, 5.41) is 8.94. The Kier molecular flexibility index (Phi) is 7.97. The zero-order valence-electron chi connectivity index (χ0n) is 12.8. The van der Waals surface area contributed by atoms with Crippen LogP contribution in [0.1, 0.15) is 19.0 Å². The van der Waals surface area contributed by atoms with Crippen molar-refractivity contribution in [3.05, 3.63) is 39.5 Å². The summed E-state index contributed by atoms with van der Waals surface area (Å²) in [7, 11) is 1.56. The number of hydrogen-bond donors (Lipinski definition) is 1. The standard InChI is InChI=1S/C14H20N4O2S2/c1-5-11-13(20)16-14(18(17-11)9-12(19)15-4)22-8-7-10(3)21-6-2/h6H,2-3,5,7-9H2,1,4H3,(H,15,19). The van der Waals surface area contributed by atoms with E-state index in [1.807, 2.05) is 6.92 Å². The van der Waals surface area contributed by atoms with Crippen LogP contribution in [-0.2, 0) is 17.8 Å². The fraction of sp³-hybridized carbons (Fsp3) is 0.429. The van der Waals surface area contributed by atoms with Crippen molar-refractivity contribution in [2.75, 3.05) is 12.8 Å². The molecule has 6 nitrogen and oxygen atoms in total. The first-order valence-electron chi connectivity index (χ1n) is 6.78. The van der Waals surface area contributed by atoms with Crippen LogP contribution in [0, 0.1) is 0 Å². The van der Waals surface area contributed by atoms with Crippen LogP contribution in [-0.4, -0.2) is 33.5 Å². The van der Waals surface area contributed by atoms with Gasteiger partial charge in [-0.1, -0.05) is 31.8 Å². The summed E-state index contributed by atoms with van der Waals surface area (Å²) in [6.45, 7) is 9.43. The number of carbonyl (C=O) groups is 1. The number of carbonyl (C=O) groups excluding carboxylic acids is 1. The predicted molar refractivity (Wildman–Crippen MR) is 92.0 cm³/mol. The first kappa shape index (κ1) is 18.5. The highest BCUT2D eigenvalue weighted by molar-refractivity contribution is 8.05. The molecule has 1 aromatic rings. The van der Waals surface area contributed by atoms with Gasteiger partial charge in [-0.25, -0.2) is 4.68 Å². The number of amides is 1. The maximum atomic E-state index is 11.8. The van der Waals surface area contributed by atoms with Gasteiger partial charge in [-0.05, 0) is 23.2 Å². The van der Waals surface area contributed by atoms with E-state index in [1.54, 1.807) is 12.5 Å². The van der Waals surface area contributed by atoms with Crippen LogP contribution in [0.3, 0.4) is 0 Å². The van der Waals surface area contributed by atoms with E-state index >= 15 is 0 Å². The second kappa shape index (κ2) is 9.47. The summed E-state index contributed by atoms with van der Waals surface area (Å²) in [5.74, 6) is 0.515. The van der Waals surface area contributed by atoms with Gasteiger partial charge in [-0.15, -0.1) is 11.8 Å². The number of nitrogens with zero attached hydrogens (tertiary/aromatic N) is 3. The van der Waals surface area contributed by atoms with Crippen LogP contribution in [0.5, 0.6) is 0 Å². The largest absolute Gasteiger partial charge is 0.358 e. The zero-order valence-corrected chi connectivity index (χ0v) is 14.4. The van der Waals surface area contributed by atoms with Crippen molar-refractivity contribution in [2.45, 2.75) is 31.5 Å². The van der Waals surface area contributed by atoms with E-state index in [-0.39, 0.29) is 18.0 Å². The Morgan fingerprint density at radius 3 is 2.82 bits per heavy atom. The highest BCUT2D eigenvalue weighted by atomic mass is 32.2. The zero-order chi connectivity index (χ0) is 16.5. The van der Waals surface area contributed by atoms with Crippen molar-refractivity contribution in [3.63, 3.8) is 0 Å². The molecule has 0 unspecified atom stereocenters. The lowest BCUT2D eigenvalue weighted by molar-refractivity contribution is -0.121. The fourth-order valence-corrected chi connectivity index (χ4v) is 3.04. The molecule has 8 heteroatoms. The van der Waals surface area contributed by atoms with Crippen LogP contribution in [0.2, 0.25) is 0 Å².